The second-order valence-electron chi connectivity index (χ2n) is 6.94. The summed E-state index contributed by atoms with van der Waals surface area (Å²) in [5, 5.41) is 11.3. The molecular formula is C20H19FN4O3. The van der Waals surface area contributed by atoms with Gasteiger partial charge in [-0.3, -0.25) is 14.5 Å². The van der Waals surface area contributed by atoms with E-state index >= 15 is 0 Å². The Bertz CT molecular complexity index is 1100. The smallest absolute Gasteiger partial charge is 0.410 e. The number of aromatic nitrogens is 2. The van der Waals surface area contributed by atoms with Crippen LogP contribution < -0.4 is 5.32 Å². The molecule has 0 saturated heterocycles. The predicted octanol–water partition coefficient (Wildman–Crippen LogP) is 3.77. The fraction of sp³-hybridized carbons (Fsp3) is 0.250. The van der Waals surface area contributed by atoms with Crippen molar-refractivity contribution in [3.63, 3.8) is 0 Å². The number of hydrogen-bond donors (Lipinski definition) is 2. The summed E-state index contributed by atoms with van der Waals surface area (Å²) in [5.41, 5.74) is 2.45. The predicted molar refractivity (Wildman–Crippen MR) is 102 cm³/mol. The number of halogens is 1. The molecule has 0 radical (unpaired) electrons. The van der Waals surface area contributed by atoms with Gasteiger partial charge in [0, 0.05) is 19.3 Å². The summed E-state index contributed by atoms with van der Waals surface area (Å²) >= 11 is 0. The van der Waals surface area contributed by atoms with Crippen LogP contribution in [0.1, 0.15) is 28.9 Å². The standard InChI is InChI=1S/C20H19FN4O3/c1-11-14(4-3-5-15(11)21)12-6-9-16-22-18(23-20(27)28)17(25(16)10-12)19(26)24(2)13-7-8-13/h3-6,9-10,13,23H,7-8H2,1-2H3,(H,27,28). The number of carboxylic acid groups (broad SMARTS) is 1. The maximum Gasteiger partial charge on any atom is 0.410 e. The molecule has 3 aromatic rings. The van der Waals surface area contributed by atoms with Crippen molar-refractivity contribution in [3.05, 3.63) is 53.6 Å². The minimum Gasteiger partial charge on any atom is -0.465 e. The van der Waals surface area contributed by atoms with Crippen LogP contribution in [0.3, 0.4) is 0 Å². The average molecular weight is 382 g/mol. The highest BCUT2D eigenvalue weighted by Gasteiger charge is 2.33. The minimum absolute atomic E-state index is 0.0156. The van der Waals surface area contributed by atoms with Crippen LogP contribution in [0, 0.1) is 12.7 Å². The lowest BCUT2D eigenvalue weighted by molar-refractivity contribution is 0.0779. The molecule has 2 N–H and O–H groups in total. The van der Waals surface area contributed by atoms with E-state index in [1.807, 2.05) is 0 Å². The van der Waals surface area contributed by atoms with E-state index < -0.39 is 6.09 Å². The third-order valence-corrected chi connectivity index (χ3v) is 5.04. The number of amides is 2. The van der Waals surface area contributed by atoms with Crippen molar-refractivity contribution in [2.75, 3.05) is 12.4 Å². The van der Waals surface area contributed by atoms with Crippen LogP contribution in [0.5, 0.6) is 0 Å². The molecule has 1 aromatic carbocycles. The Morgan fingerprint density at radius 3 is 2.71 bits per heavy atom. The molecule has 1 fully saturated rings. The molecule has 144 valence electrons. The number of rotatable bonds is 4. The normalized spacial score (nSPS) is 13.5. The number of fused-ring (bicyclic) bond motifs is 1. The summed E-state index contributed by atoms with van der Waals surface area (Å²) in [6, 6.07) is 8.42. The van der Waals surface area contributed by atoms with E-state index in [-0.39, 0.29) is 29.3 Å². The van der Waals surface area contributed by atoms with Gasteiger partial charge in [-0.15, -0.1) is 0 Å². The maximum absolute atomic E-state index is 14.0. The van der Waals surface area contributed by atoms with Gasteiger partial charge < -0.3 is 10.0 Å². The Balaban J connectivity index is 1.89. The number of nitrogens with one attached hydrogen (secondary N) is 1. The first-order chi connectivity index (χ1) is 13.4. The van der Waals surface area contributed by atoms with E-state index in [2.05, 4.69) is 10.3 Å². The molecule has 4 rings (SSSR count). The Morgan fingerprint density at radius 2 is 2.04 bits per heavy atom. The highest BCUT2D eigenvalue weighted by Crippen LogP contribution is 2.31. The van der Waals surface area contributed by atoms with Gasteiger partial charge in [-0.05, 0) is 54.7 Å². The Kier molecular flexibility index (Phi) is 4.26. The van der Waals surface area contributed by atoms with Gasteiger partial charge in [0.15, 0.2) is 11.5 Å². The highest BCUT2D eigenvalue weighted by molar-refractivity contribution is 6.01. The molecule has 1 aliphatic rings. The summed E-state index contributed by atoms with van der Waals surface area (Å²) in [5.74, 6) is -0.647. The minimum atomic E-state index is -1.30. The fourth-order valence-electron chi connectivity index (χ4n) is 3.31. The number of nitrogens with zero attached hydrogens (tertiary/aromatic N) is 3. The molecule has 1 saturated carbocycles. The van der Waals surface area contributed by atoms with Gasteiger partial charge in [0.25, 0.3) is 5.91 Å². The van der Waals surface area contributed by atoms with Crippen molar-refractivity contribution >= 4 is 23.5 Å². The second kappa shape index (κ2) is 6.63. The summed E-state index contributed by atoms with van der Waals surface area (Å²) in [4.78, 5) is 30.1. The fourth-order valence-corrected chi connectivity index (χ4v) is 3.31. The molecule has 2 aromatic heterocycles. The SMILES string of the molecule is Cc1c(F)cccc1-c1ccc2nc(NC(=O)O)c(C(=O)N(C)C3CC3)n2c1. The van der Waals surface area contributed by atoms with Crippen molar-refractivity contribution in [1.29, 1.82) is 0 Å². The first-order valence-corrected chi connectivity index (χ1v) is 8.91. The van der Waals surface area contributed by atoms with Gasteiger partial charge in [0.2, 0.25) is 0 Å². The van der Waals surface area contributed by atoms with Crippen LogP contribution in [-0.2, 0) is 0 Å². The molecule has 2 amide bonds. The van der Waals surface area contributed by atoms with Crippen LogP contribution in [0.2, 0.25) is 0 Å². The lowest BCUT2D eigenvalue weighted by atomic mass is 10.0. The van der Waals surface area contributed by atoms with E-state index in [4.69, 9.17) is 5.11 Å². The van der Waals surface area contributed by atoms with Crippen molar-refractivity contribution in [2.24, 2.45) is 0 Å². The van der Waals surface area contributed by atoms with Crippen LogP contribution in [0.15, 0.2) is 36.5 Å². The maximum atomic E-state index is 14.0. The molecule has 1 aliphatic carbocycles. The third kappa shape index (κ3) is 3.06. The number of imidazole rings is 1. The van der Waals surface area contributed by atoms with E-state index in [1.165, 1.54) is 6.07 Å². The molecular weight excluding hydrogens is 363 g/mol. The van der Waals surface area contributed by atoms with Gasteiger partial charge in [-0.25, -0.2) is 14.2 Å². The first kappa shape index (κ1) is 18.0. The zero-order chi connectivity index (χ0) is 20.0. The molecule has 0 unspecified atom stereocenters. The van der Waals surface area contributed by atoms with Crippen LogP contribution >= 0.6 is 0 Å². The van der Waals surface area contributed by atoms with E-state index in [1.54, 1.807) is 53.7 Å². The van der Waals surface area contributed by atoms with Gasteiger partial charge in [-0.2, -0.15) is 0 Å². The van der Waals surface area contributed by atoms with Crippen molar-refractivity contribution in [3.8, 4) is 11.1 Å². The van der Waals surface area contributed by atoms with E-state index in [0.29, 0.717) is 22.3 Å². The summed E-state index contributed by atoms with van der Waals surface area (Å²) < 4.78 is 15.5. The van der Waals surface area contributed by atoms with Crippen molar-refractivity contribution < 1.29 is 19.1 Å². The number of carbonyl (C=O) groups excluding carboxylic acids is 1. The monoisotopic (exact) mass is 382 g/mol. The molecule has 0 aliphatic heterocycles. The van der Waals surface area contributed by atoms with Gasteiger partial charge in [0.1, 0.15) is 11.5 Å². The average Bonchev–Trinajstić information content (AvgIpc) is 3.44. The molecule has 0 spiro atoms. The van der Waals surface area contributed by atoms with E-state index in [9.17, 15) is 14.0 Å². The van der Waals surface area contributed by atoms with Crippen LogP contribution in [0.4, 0.5) is 15.0 Å². The van der Waals surface area contributed by atoms with Gasteiger partial charge in [0.05, 0.1) is 0 Å². The van der Waals surface area contributed by atoms with E-state index in [0.717, 1.165) is 12.8 Å². The lowest BCUT2D eigenvalue weighted by Crippen LogP contribution is -2.30. The van der Waals surface area contributed by atoms with Crippen LogP contribution in [-0.4, -0.2) is 44.5 Å². The third-order valence-electron chi connectivity index (χ3n) is 5.04. The van der Waals surface area contributed by atoms with Crippen molar-refractivity contribution in [2.45, 2.75) is 25.8 Å². The highest BCUT2D eigenvalue weighted by atomic mass is 19.1. The van der Waals surface area contributed by atoms with Gasteiger partial charge >= 0.3 is 6.09 Å². The molecule has 28 heavy (non-hydrogen) atoms. The molecule has 7 nitrogen and oxygen atoms in total. The second-order valence-corrected chi connectivity index (χ2v) is 6.94. The summed E-state index contributed by atoms with van der Waals surface area (Å²) in [6.07, 6.45) is 2.24. The molecule has 2 heterocycles. The summed E-state index contributed by atoms with van der Waals surface area (Å²) in [7, 11) is 1.70. The zero-order valence-electron chi connectivity index (χ0n) is 15.4. The van der Waals surface area contributed by atoms with Crippen LogP contribution in [0.25, 0.3) is 16.8 Å². The number of carbonyl (C=O) groups is 2. The number of pyridine rings is 1. The first-order valence-electron chi connectivity index (χ1n) is 8.91. The Labute approximate surface area is 160 Å². The number of hydrogen-bond acceptors (Lipinski definition) is 3. The number of benzene rings is 1. The lowest BCUT2D eigenvalue weighted by Gasteiger charge is -2.17. The summed E-state index contributed by atoms with van der Waals surface area (Å²) in [6.45, 7) is 1.69. The molecule has 0 bridgehead atoms. The largest absolute Gasteiger partial charge is 0.465 e. The van der Waals surface area contributed by atoms with Gasteiger partial charge in [-0.1, -0.05) is 12.1 Å². The topological polar surface area (TPSA) is 86.9 Å². The Hall–Kier alpha value is -3.42. The Morgan fingerprint density at radius 1 is 1.29 bits per heavy atom. The zero-order valence-corrected chi connectivity index (χ0v) is 15.4. The van der Waals surface area contributed by atoms with Crippen molar-refractivity contribution in [1.82, 2.24) is 14.3 Å². The number of anilines is 1. The molecule has 0 atom stereocenters. The molecule has 8 heteroatoms. The quantitative estimate of drug-likeness (QED) is 0.719.